The number of nitrogens with zero attached hydrogens (tertiary/aromatic N) is 1. The van der Waals surface area contributed by atoms with Crippen molar-refractivity contribution in [2.45, 2.75) is 84.5 Å². The Labute approximate surface area is 147 Å². The van der Waals surface area contributed by atoms with Crippen molar-refractivity contribution in [1.29, 1.82) is 0 Å². The third kappa shape index (κ3) is 6.62. The molecule has 24 heavy (non-hydrogen) atoms. The zero-order chi connectivity index (χ0) is 17.2. The van der Waals surface area contributed by atoms with E-state index in [1.54, 1.807) is 13.1 Å². The molecule has 0 unspecified atom stereocenters. The highest BCUT2D eigenvalue weighted by Crippen LogP contribution is 2.34. The summed E-state index contributed by atoms with van der Waals surface area (Å²) in [5.74, 6) is 2.20. The zero-order valence-corrected chi connectivity index (χ0v) is 15.4. The maximum atomic E-state index is 11.3. The van der Waals surface area contributed by atoms with Gasteiger partial charge in [-0.1, -0.05) is 65.2 Å². The van der Waals surface area contributed by atoms with E-state index in [9.17, 15) is 4.79 Å². The Morgan fingerprint density at radius 3 is 2.38 bits per heavy atom. The minimum Gasteiger partial charge on any atom is -0.425 e. The lowest BCUT2D eigenvalue weighted by molar-refractivity contribution is -0.134. The standard InChI is InChI=1S/C21H33NO2/c1-3-5-6-7-17-8-10-18(11-9-17)12-13-19-14-15-20(16-22-19)24-21(23)4-2/h14-18H,3-13H2,1-2H3/t17-,18-. The first-order chi connectivity index (χ1) is 11.7. The Morgan fingerprint density at radius 1 is 1.08 bits per heavy atom. The molecule has 0 saturated heterocycles. The zero-order valence-electron chi connectivity index (χ0n) is 15.4. The van der Waals surface area contributed by atoms with Crippen LogP contribution in [0.15, 0.2) is 18.3 Å². The Bertz CT molecular complexity index is 475. The van der Waals surface area contributed by atoms with Crippen molar-refractivity contribution in [2.24, 2.45) is 11.8 Å². The van der Waals surface area contributed by atoms with E-state index in [1.807, 2.05) is 12.1 Å². The van der Waals surface area contributed by atoms with Crippen molar-refractivity contribution >= 4 is 5.97 Å². The Kier molecular flexibility index (Phi) is 8.27. The molecule has 0 N–H and O–H groups in total. The highest BCUT2D eigenvalue weighted by Gasteiger charge is 2.20. The quantitative estimate of drug-likeness (QED) is 0.429. The Hall–Kier alpha value is -1.38. The van der Waals surface area contributed by atoms with Crippen molar-refractivity contribution in [1.82, 2.24) is 4.98 Å². The molecule has 3 nitrogen and oxygen atoms in total. The van der Waals surface area contributed by atoms with Crippen LogP contribution in [0.25, 0.3) is 0 Å². The number of carbonyl (C=O) groups is 1. The van der Waals surface area contributed by atoms with Gasteiger partial charge in [-0.25, -0.2) is 0 Å². The van der Waals surface area contributed by atoms with E-state index in [2.05, 4.69) is 11.9 Å². The molecule has 1 aromatic rings. The molecule has 2 rings (SSSR count). The van der Waals surface area contributed by atoms with Gasteiger partial charge in [0.05, 0.1) is 6.20 Å². The fourth-order valence-corrected chi connectivity index (χ4v) is 3.67. The average Bonchev–Trinajstić information content (AvgIpc) is 2.62. The van der Waals surface area contributed by atoms with Crippen LogP contribution in [0.5, 0.6) is 5.75 Å². The van der Waals surface area contributed by atoms with Crippen molar-refractivity contribution in [3.63, 3.8) is 0 Å². The lowest BCUT2D eigenvalue weighted by atomic mass is 9.78. The van der Waals surface area contributed by atoms with Gasteiger partial charge in [0.25, 0.3) is 0 Å². The monoisotopic (exact) mass is 331 g/mol. The minimum absolute atomic E-state index is 0.208. The summed E-state index contributed by atoms with van der Waals surface area (Å²) in [5.41, 5.74) is 1.11. The molecule has 1 fully saturated rings. The summed E-state index contributed by atoms with van der Waals surface area (Å²) >= 11 is 0. The number of pyridine rings is 1. The van der Waals surface area contributed by atoms with Crippen LogP contribution in [0.4, 0.5) is 0 Å². The van der Waals surface area contributed by atoms with Gasteiger partial charge in [0.15, 0.2) is 0 Å². The molecule has 0 radical (unpaired) electrons. The first-order valence-corrected chi connectivity index (χ1v) is 9.86. The summed E-state index contributed by atoms with van der Waals surface area (Å²) in [5, 5.41) is 0. The van der Waals surface area contributed by atoms with Crippen LogP contribution in [-0.4, -0.2) is 11.0 Å². The molecule has 0 aliphatic heterocycles. The summed E-state index contributed by atoms with van der Waals surface area (Å²) in [6.45, 7) is 4.08. The number of hydrogen-bond donors (Lipinski definition) is 0. The van der Waals surface area contributed by atoms with Gasteiger partial charge in [0, 0.05) is 12.1 Å². The summed E-state index contributed by atoms with van der Waals surface area (Å²) in [6, 6.07) is 3.86. The molecule has 3 heteroatoms. The van der Waals surface area contributed by atoms with E-state index >= 15 is 0 Å². The molecule has 1 aliphatic carbocycles. The van der Waals surface area contributed by atoms with Crippen LogP contribution >= 0.6 is 0 Å². The molecule has 134 valence electrons. The average molecular weight is 332 g/mol. The van der Waals surface area contributed by atoms with Crippen LogP contribution in [0.2, 0.25) is 0 Å². The van der Waals surface area contributed by atoms with E-state index in [0.29, 0.717) is 12.2 Å². The number of aromatic nitrogens is 1. The molecule has 1 aromatic heterocycles. The second-order valence-electron chi connectivity index (χ2n) is 7.23. The topological polar surface area (TPSA) is 39.2 Å². The van der Waals surface area contributed by atoms with Crippen LogP contribution in [0.3, 0.4) is 0 Å². The number of aryl methyl sites for hydroxylation is 1. The third-order valence-electron chi connectivity index (χ3n) is 5.31. The lowest BCUT2D eigenvalue weighted by Gasteiger charge is -2.28. The van der Waals surface area contributed by atoms with Gasteiger partial charge in [-0.05, 0) is 36.8 Å². The molecule has 1 heterocycles. The molecule has 0 spiro atoms. The lowest BCUT2D eigenvalue weighted by Crippen LogP contribution is -2.15. The number of rotatable bonds is 9. The van der Waals surface area contributed by atoms with Gasteiger partial charge >= 0.3 is 5.97 Å². The van der Waals surface area contributed by atoms with Crippen LogP contribution < -0.4 is 4.74 Å². The van der Waals surface area contributed by atoms with E-state index in [0.717, 1.165) is 24.0 Å². The molecule has 0 bridgehead atoms. The summed E-state index contributed by atoms with van der Waals surface area (Å²) in [6.07, 6.45) is 15.6. The fraction of sp³-hybridized carbons (Fsp3) is 0.714. The van der Waals surface area contributed by atoms with Crippen molar-refractivity contribution < 1.29 is 9.53 Å². The van der Waals surface area contributed by atoms with Gasteiger partial charge in [-0.2, -0.15) is 0 Å². The first kappa shape index (κ1) is 19.0. The maximum absolute atomic E-state index is 11.3. The highest BCUT2D eigenvalue weighted by atomic mass is 16.5. The molecule has 0 atom stereocenters. The normalized spacial score (nSPS) is 20.8. The van der Waals surface area contributed by atoms with Gasteiger partial charge in [0.2, 0.25) is 0 Å². The molecule has 0 amide bonds. The minimum atomic E-state index is -0.208. The summed E-state index contributed by atoms with van der Waals surface area (Å²) in [4.78, 5) is 15.7. The first-order valence-electron chi connectivity index (χ1n) is 9.86. The maximum Gasteiger partial charge on any atom is 0.310 e. The van der Waals surface area contributed by atoms with Gasteiger partial charge in [0.1, 0.15) is 5.75 Å². The van der Waals surface area contributed by atoms with E-state index in [4.69, 9.17) is 4.74 Å². The second kappa shape index (κ2) is 10.5. The van der Waals surface area contributed by atoms with Gasteiger partial charge < -0.3 is 4.74 Å². The smallest absolute Gasteiger partial charge is 0.310 e. The van der Waals surface area contributed by atoms with Crippen molar-refractivity contribution in [2.75, 3.05) is 0 Å². The number of unbranched alkanes of at least 4 members (excludes halogenated alkanes) is 2. The van der Waals surface area contributed by atoms with Gasteiger partial charge in [-0.3, -0.25) is 9.78 Å². The van der Waals surface area contributed by atoms with Gasteiger partial charge in [-0.15, -0.1) is 0 Å². The third-order valence-corrected chi connectivity index (χ3v) is 5.31. The number of esters is 1. The van der Waals surface area contributed by atoms with E-state index < -0.39 is 0 Å². The molecule has 0 aromatic carbocycles. The van der Waals surface area contributed by atoms with Crippen LogP contribution in [0.1, 0.15) is 83.7 Å². The predicted molar refractivity (Wildman–Crippen MR) is 98.1 cm³/mol. The van der Waals surface area contributed by atoms with Crippen LogP contribution in [-0.2, 0) is 11.2 Å². The van der Waals surface area contributed by atoms with Crippen molar-refractivity contribution in [3.8, 4) is 5.75 Å². The summed E-state index contributed by atoms with van der Waals surface area (Å²) < 4.78 is 5.16. The SMILES string of the molecule is CCCCC[C@H]1CC[C@H](CCc2ccc(OC(=O)CC)cn2)CC1. The largest absolute Gasteiger partial charge is 0.425 e. The highest BCUT2D eigenvalue weighted by molar-refractivity contribution is 5.71. The predicted octanol–water partition coefficient (Wildman–Crippen LogP) is 5.72. The Balaban J connectivity index is 1.66. The molecular formula is C21H33NO2. The second-order valence-corrected chi connectivity index (χ2v) is 7.23. The number of hydrogen-bond acceptors (Lipinski definition) is 3. The fourth-order valence-electron chi connectivity index (χ4n) is 3.67. The van der Waals surface area contributed by atoms with E-state index in [-0.39, 0.29) is 5.97 Å². The summed E-state index contributed by atoms with van der Waals surface area (Å²) in [7, 11) is 0. The number of ether oxygens (including phenoxy) is 1. The molecular weight excluding hydrogens is 298 g/mol. The van der Waals surface area contributed by atoms with Crippen LogP contribution in [0, 0.1) is 11.8 Å². The number of carbonyl (C=O) groups excluding carboxylic acids is 1. The molecule has 1 aliphatic rings. The molecule has 1 saturated carbocycles. The Morgan fingerprint density at radius 2 is 1.79 bits per heavy atom. The van der Waals surface area contributed by atoms with Crippen molar-refractivity contribution in [3.05, 3.63) is 24.0 Å². The van der Waals surface area contributed by atoms with E-state index in [1.165, 1.54) is 57.8 Å².